The Balaban J connectivity index is 1.35. The number of H-pyrrole nitrogens is 1. The van der Waals surface area contributed by atoms with Crippen molar-refractivity contribution in [1.29, 1.82) is 0 Å². The van der Waals surface area contributed by atoms with E-state index in [4.69, 9.17) is 0 Å². The van der Waals surface area contributed by atoms with Crippen LogP contribution in [0.15, 0.2) is 67.1 Å². The minimum absolute atomic E-state index is 0.252. The molecular weight excluding hydrogens is 355 g/mol. The Morgan fingerprint density at radius 2 is 1.82 bits per heavy atom. The summed E-state index contributed by atoms with van der Waals surface area (Å²) in [6, 6.07) is 16.7. The van der Waals surface area contributed by atoms with Crippen molar-refractivity contribution in [2.24, 2.45) is 0 Å². The topological polar surface area (TPSA) is 71.4 Å². The van der Waals surface area contributed by atoms with Gasteiger partial charge in [-0.05, 0) is 36.2 Å². The van der Waals surface area contributed by atoms with Gasteiger partial charge in [-0.2, -0.15) is 5.10 Å². The van der Waals surface area contributed by atoms with E-state index in [-0.39, 0.29) is 5.82 Å². The van der Waals surface area contributed by atoms with Crippen molar-refractivity contribution in [3.8, 4) is 11.3 Å². The third kappa shape index (κ3) is 4.32. The number of halogens is 1. The van der Waals surface area contributed by atoms with Gasteiger partial charge >= 0.3 is 0 Å². The van der Waals surface area contributed by atoms with Gasteiger partial charge in [0.25, 0.3) is 0 Å². The lowest BCUT2D eigenvalue weighted by Crippen LogP contribution is -2.17. The predicted molar refractivity (Wildman–Crippen MR) is 105 cm³/mol. The smallest absolute Gasteiger partial charge is 0.146 e. The molecule has 4 rings (SSSR count). The van der Waals surface area contributed by atoms with Gasteiger partial charge in [0, 0.05) is 24.2 Å². The van der Waals surface area contributed by atoms with E-state index in [9.17, 15) is 4.39 Å². The highest BCUT2D eigenvalue weighted by Gasteiger charge is 2.09. The van der Waals surface area contributed by atoms with E-state index in [1.165, 1.54) is 17.7 Å². The minimum Gasteiger partial charge on any atom is -0.316 e. The van der Waals surface area contributed by atoms with Crippen LogP contribution in [0.2, 0.25) is 0 Å². The highest BCUT2D eigenvalue weighted by Crippen LogP contribution is 2.21. The van der Waals surface area contributed by atoms with Crippen molar-refractivity contribution >= 4 is 0 Å². The second-order valence-electron chi connectivity index (χ2n) is 6.56. The normalized spacial score (nSPS) is 11.0. The summed E-state index contributed by atoms with van der Waals surface area (Å²) in [7, 11) is 0. The van der Waals surface area contributed by atoms with Gasteiger partial charge in [0.05, 0.1) is 18.4 Å². The summed E-state index contributed by atoms with van der Waals surface area (Å²) in [5.74, 6) is 0.639. The fourth-order valence-electron chi connectivity index (χ4n) is 3.12. The van der Waals surface area contributed by atoms with Gasteiger partial charge < -0.3 is 9.88 Å². The Hall–Kier alpha value is -3.32. The molecule has 0 atom stereocenters. The summed E-state index contributed by atoms with van der Waals surface area (Å²) < 4.78 is 15.2. The van der Waals surface area contributed by atoms with Crippen LogP contribution in [-0.2, 0) is 26.1 Å². The molecular formula is C21H21FN6. The number of rotatable bonds is 8. The number of hydrogen-bond donors (Lipinski definition) is 2. The van der Waals surface area contributed by atoms with Crippen LogP contribution in [0.4, 0.5) is 4.39 Å². The minimum atomic E-state index is -0.252. The molecule has 0 radical (unpaired) electrons. The number of nitrogens with one attached hydrogen (secondary N) is 2. The maximum absolute atomic E-state index is 13.1. The average Bonchev–Trinajstić information content (AvgIpc) is 3.37. The molecule has 0 aliphatic heterocycles. The second-order valence-corrected chi connectivity index (χ2v) is 6.56. The van der Waals surface area contributed by atoms with Crippen LogP contribution in [0.1, 0.15) is 17.0 Å². The molecule has 0 unspecified atom stereocenters. The van der Waals surface area contributed by atoms with E-state index >= 15 is 0 Å². The SMILES string of the molecule is Fc1ccc(-c2[nH]ncc2CNCc2nncn2CCc2ccccc2)cc1. The van der Waals surface area contributed by atoms with Crippen molar-refractivity contribution in [2.75, 3.05) is 0 Å². The van der Waals surface area contributed by atoms with E-state index in [0.29, 0.717) is 13.1 Å². The van der Waals surface area contributed by atoms with E-state index < -0.39 is 0 Å². The van der Waals surface area contributed by atoms with E-state index in [1.807, 2.05) is 18.2 Å². The van der Waals surface area contributed by atoms with Gasteiger partial charge in [0.15, 0.2) is 0 Å². The summed E-state index contributed by atoms with van der Waals surface area (Å²) in [6.45, 7) is 2.05. The fourth-order valence-corrected chi connectivity index (χ4v) is 3.12. The van der Waals surface area contributed by atoms with E-state index in [0.717, 1.165) is 35.6 Å². The average molecular weight is 376 g/mol. The number of aromatic nitrogens is 5. The molecule has 2 aromatic heterocycles. The van der Waals surface area contributed by atoms with Crippen molar-refractivity contribution in [3.63, 3.8) is 0 Å². The lowest BCUT2D eigenvalue weighted by Gasteiger charge is -2.08. The molecule has 0 bridgehead atoms. The Morgan fingerprint density at radius 1 is 1.00 bits per heavy atom. The summed E-state index contributed by atoms with van der Waals surface area (Å²) in [5, 5.41) is 18.8. The summed E-state index contributed by atoms with van der Waals surface area (Å²) in [5.41, 5.74) is 4.10. The van der Waals surface area contributed by atoms with Gasteiger partial charge in [0.1, 0.15) is 18.0 Å². The van der Waals surface area contributed by atoms with Crippen molar-refractivity contribution < 1.29 is 4.39 Å². The molecule has 0 spiro atoms. The first-order valence-corrected chi connectivity index (χ1v) is 9.19. The molecule has 0 aliphatic carbocycles. The van der Waals surface area contributed by atoms with Crippen molar-refractivity contribution in [2.45, 2.75) is 26.1 Å². The monoisotopic (exact) mass is 376 g/mol. The van der Waals surface area contributed by atoms with Crippen LogP contribution in [0, 0.1) is 5.82 Å². The van der Waals surface area contributed by atoms with E-state index in [2.05, 4.69) is 42.4 Å². The first kappa shape index (κ1) is 18.1. The van der Waals surface area contributed by atoms with E-state index in [1.54, 1.807) is 24.7 Å². The molecule has 4 aromatic rings. The maximum Gasteiger partial charge on any atom is 0.146 e. The molecule has 2 heterocycles. The lowest BCUT2D eigenvalue weighted by molar-refractivity contribution is 0.595. The fraction of sp³-hybridized carbons (Fsp3) is 0.190. The van der Waals surface area contributed by atoms with Crippen molar-refractivity contribution in [3.05, 3.63) is 89.9 Å². The Kier molecular flexibility index (Phi) is 5.53. The molecule has 2 N–H and O–H groups in total. The molecule has 0 aliphatic rings. The Morgan fingerprint density at radius 3 is 2.64 bits per heavy atom. The summed E-state index contributed by atoms with van der Waals surface area (Å²) in [4.78, 5) is 0. The number of aromatic amines is 1. The zero-order valence-corrected chi connectivity index (χ0v) is 15.3. The molecule has 2 aromatic carbocycles. The molecule has 0 saturated carbocycles. The summed E-state index contributed by atoms with van der Waals surface area (Å²) in [6.07, 6.45) is 4.48. The number of hydrogen-bond acceptors (Lipinski definition) is 4. The van der Waals surface area contributed by atoms with Crippen LogP contribution in [0.3, 0.4) is 0 Å². The van der Waals surface area contributed by atoms with Crippen molar-refractivity contribution in [1.82, 2.24) is 30.3 Å². The number of benzene rings is 2. The lowest BCUT2D eigenvalue weighted by atomic mass is 10.1. The molecule has 6 nitrogen and oxygen atoms in total. The molecule has 28 heavy (non-hydrogen) atoms. The third-order valence-corrected chi connectivity index (χ3v) is 4.63. The highest BCUT2D eigenvalue weighted by atomic mass is 19.1. The zero-order chi connectivity index (χ0) is 19.2. The first-order chi connectivity index (χ1) is 13.8. The van der Waals surface area contributed by atoms with Gasteiger partial charge in [-0.25, -0.2) is 4.39 Å². The van der Waals surface area contributed by atoms with Crippen LogP contribution in [0.25, 0.3) is 11.3 Å². The molecule has 0 amide bonds. The largest absolute Gasteiger partial charge is 0.316 e. The van der Waals surface area contributed by atoms with Gasteiger partial charge in [-0.15, -0.1) is 10.2 Å². The van der Waals surface area contributed by atoms with Gasteiger partial charge in [-0.1, -0.05) is 30.3 Å². The maximum atomic E-state index is 13.1. The Bertz CT molecular complexity index is 1010. The van der Waals surface area contributed by atoms with Gasteiger partial charge in [0.2, 0.25) is 0 Å². The Labute approximate surface area is 162 Å². The molecule has 0 saturated heterocycles. The number of aryl methyl sites for hydroxylation is 2. The quantitative estimate of drug-likeness (QED) is 0.495. The highest BCUT2D eigenvalue weighted by molar-refractivity contribution is 5.62. The zero-order valence-electron chi connectivity index (χ0n) is 15.3. The summed E-state index contributed by atoms with van der Waals surface area (Å²) >= 11 is 0. The van der Waals surface area contributed by atoms with Crippen LogP contribution < -0.4 is 5.32 Å². The standard InChI is InChI=1S/C21H21FN6/c22-19-8-6-17(7-9-19)21-18(13-24-27-21)12-23-14-20-26-25-15-28(20)11-10-16-4-2-1-3-5-16/h1-9,13,15,23H,10-12,14H2,(H,24,27). The third-order valence-electron chi connectivity index (χ3n) is 4.63. The second kappa shape index (κ2) is 8.58. The van der Waals surface area contributed by atoms with Gasteiger partial charge in [-0.3, -0.25) is 5.10 Å². The molecule has 7 heteroatoms. The van der Waals surface area contributed by atoms with Crippen LogP contribution in [0.5, 0.6) is 0 Å². The van der Waals surface area contributed by atoms with Crippen LogP contribution >= 0.6 is 0 Å². The number of nitrogens with zero attached hydrogens (tertiary/aromatic N) is 4. The molecule has 142 valence electrons. The van der Waals surface area contributed by atoms with Crippen LogP contribution in [-0.4, -0.2) is 25.0 Å². The molecule has 0 fully saturated rings. The predicted octanol–water partition coefficient (Wildman–Crippen LogP) is 3.34. The first-order valence-electron chi connectivity index (χ1n) is 9.19.